The molecule has 0 radical (unpaired) electrons. The number of rotatable bonds is 4. The maximum Gasteiger partial charge on any atom is 0.257 e. The van der Waals surface area contributed by atoms with Crippen LogP contribution in [0.2, 0.25) is 10.0 Å². The normalized spacial score (nSPS) is 11.9. The number of hydrogen-bond donors (Lipinski definition) is 2. The molecule has 2 aromatic rings. The van der Waals surface area contributed by atoms with E-state index in [9.17, 15) is 9.90 Å². The minimum atomic E-state index is -1.39. The van der Waals surface area contributed by atoms with Gasteiger partial charge in [0.2, 0.25) is 0 Å². The first-order valence-corrected chi connectivity index (χ1v) is 7.26. The average molecular weight is 340 g/mol. The summed E-state index contributed by atoms with van der Waals surface area (Å²) in [6.07, 6.45) is -1.39. The maximum absolute atomic E-state index is 12.2. The highest BCUT2D eigenvalue weighted by Crippen LogP contribution is 2.28. The van der Waals surface area contributed by atoms with Gasteiger partial charge in [-0.25, -0.2) is 0 Å². The Bertz CT molecular complexity index is 684. The minimum Gasteiger partial charge on any atom is -0.495 e. The Labute approximate surface area is 138 Å². The van der Waals surface area contributed by atoms with Crippen LogP contribution in [0.4, 0.5) is 5.69 Å². The molecule has 1 atom stereocenters. The molecule has 0 fully saturated rings. The van der Waals surface area contributed by atoms with Gasteiger partial charge in [-0.2, -0.15) is 0 Å². The summed E-state index contributed by atoms with van der Waals surface area (Å²) in [5.74, 6) is -0.0786. The molecule has 1 unspecified atom stereocenters. The Morgan fingerprint density at radius 3 is 2.41 bits per heavy atom. The number of aryl methyl sites for hydroxylation is 1. The molecule has 0 aromatic heterocycles. The predicted molar refractivity (Wildman–Crippen MR) is 87.8 cm³/mol. The predicted octanol–water partition coefficient (Wildman–Crippen LogP) is 3.98. The van der Waals surface area contributed by atoms with Crippen LogP contribution in [0.25, 0.3) is 0 Å². The minimum absolute atomic E-state index is 0.320. The molecule has 116 valence electrons. The summed E-state index contributed by atoms with van der Waals surface area (Å²) in [6, 6.07) is 9.84. The van der Waals surface area contributed by atoms with Gasteiger partial charge in [0.25, 0.3) is 5.91 Å². The first kappa shape index (κ1) is 16.6. The van der Waals surface area contributed by atoms with Gasteiger partial charge in [0.15, 0.2) is 6.10 Å². The van der Waals surface area contributed by atoms with Crippen LogP contribution in [0.15, 0.2) is 36.4 Å². The van der Waals surface area contributed by atoms with Crippen LogP contribution < -0.4 is 10.1 Å². The number of halogens is 2. The van der Waals surface area contributed by atoms with Gasteiger partial charge in [-0.15, -0.1) is 0 Å². The van der Waals surface area contributed by atoms with Gasteiger partial charge in [0, 0.05) is 10.0 Å². The number of carbonyl (C=O) groups excluding carboxylic acids is 1. The van der Waals surface area contributed by atoms with E-state index in [1.165, 1.54) is 25.3 Å². The topological polar surface area (TPSA) is 58.6 Å². The lowest BCUT2D eigenvalue weighted by Gasteiger charge is -2.15. The second-order valence-electron chi connectivity index (χ2n) is 4.80. The SMILES string of the molecule is COc1cc(C)ccc1NC(=O)C(O)c1cc(Cl)cc(Cl)c1. The van der Waals surface area contributed by atoms with E-state index < -0.39 is 12.0 Å². The summed E-state index contributed by atoms with van der Waals surface area (Å²) >= 11 is 11.8. The third-order valence-electron chi connectivity index (χ3n) is 3.06. The van der Waals surface area contributed by atoms with E-state index in [2.05, 4.69) is 5.32 Å². The molecule has 0 saturated carbocycles. The molecule has 4 nitrogen and oxygen atoms in total. The number of aliphatic hydroxyl groups excluding tert-OH is 1. The van der Waals surface area contributed by atoms with Gasteiger partial charge in [0.05, 0.1) is 12.8 Å². The van der Waals surface area contributed by atoms with E-state index >= 15 is 0 Å². The second kappa shape index (κ2) is 7.01. The van der Waals surface area contributed by atoms with E-state index in [0.717, 1.165) is 5.56 Å². The lowest BCUT2D eigenvalue weighted by atomic mass is 10.1. The molecule has 2 N–H and O–H groups in total. The van der Waals surface area contributed by atoms with Crippen molar-refractivity contribution in [3.05, 3.63) is 57.6 Å². The number of ether oxygens (including phenoxy) is 1. The first-order chi connectivity index (χ1) is 10.4. The van der Waals surface area contributed by atoms with Crippen molar-refractivity contribution in [1.82, 2.24) is 0 Å². The Morgan fingerprint density at radius 2 is 1.82 bits per heavy atom. The zero-order valence-corrected chi connectivity index (χ0v) is 13.6. The van der Waals surface area contributed by atoms with Crippen LogP contribution in [-0.2, 0) is 4.79 Å². The highest BCUT2D eigenvalue weighted by Gasteiger charge is 2.19. The molecule has 0 spiro atoms. The van der Waals surface area contributed by atoms with E-state index in [1.807, 2.05) is 13.0 Å². The smallest absolute Gasteiger partial charge is 0.257 e. The van der Waals surface area contributed by atoms with Gasteiger partial charge in [0.1, 0.15) is 5.75 Å². The number of aliphatic hydroxyl groups is 1. The zero-order chi connectivity index (χ0) is 16.3. The molecule has 6 heteroatoms. The van der Waals surface area contributed by atoms with Crippen LogP contribution in [0.5, 0.6) is 5.75 Å². The highest BCUT2D eigenvalue weighted by molar-refractivity contribution is 6.34. The number of benzene rings is 2. The average Bonchev–Trinajstić information content (AvgIpc) is 2.47. The van der Waals surface area contributed by atoms with Crippen LogP contribution in [0.3, 0.4) is 0 Å². The number of methoxy groups -OCH3 is 1. The summed E-state index contributed by atoms with van der Waals surface area (Å²) in [5, 5.41) is 13.5. The Hall–Kier alpha value is -1.75. The molecule has 0 bridgehead atoms. The third-order valence-corrected chi connectivity index (χ3v) is 3.50. The largest absolute Gasteiger partial charge is 0.495 e. The molecule has 2 rings (SSSR count). The van der Waals surface area contributed by atoms with Crippen molar-refractivity contribution >= 4 is 34.8 Å². The fourth-order valence-corrected chi connectivity index (χ4v) is 2.53. The lowest BCUT2D eigenvalue weighted by Crippen LogP contribution is -2.21. The van der Waals surface area contributed by atoms with Gasteiger partial charge < -0.3 is 15.2 Å². The van der Waals surface area contributed by atoms with E-state index in [1.54, 1.807) is 12.1 Å². The standard InChI is InChI=1S/C16H15Cl2NO3/c1-9-3-4-13(14(5-9)22-2)19-16(21)15(20)10-6-11(17)8-12(18)7-10/h3-8,15,20H,1-2H3,(H,19,21). The van der Waals surface area contributed by atoms with E-state index in [4.69, 9.17) is 27.9 Å². The molecule has 0 saturated heterocycles. The van der Waals surface area contributed by atoms with Crippen molar-refractivity contribution < 1.29 is 14.6 Å². The third kappa shape index (κ3) is 3.91. The molecule has 0 aliphatic heterocycles. The van der Waals surface area contributed by atoms with Gasteiger partial charge in [-0.05, 0) is 48.4 Å². The van der Waals surface area contributed by atoms with Crippen LogP contribution in [-0.4, -0.2) is 18.1 Å². The molecule has 0 aliphatic rings. The van der Waals surface area contributed by atoms with Crippen LogP contribution in [0.1, 0.15) is 17.2 Å². The number of hydrogen-bond acceptors (Lipinski definition) is 3. The maximum atomic E-state index is 12.2. The Balaban J connectivity index is 2.21. The van der Waals surface area contributed by atoms with E-state index in [-0.39, 0.29) is 0 Å². The van der Waals surface area contributed by atoms with Crippen molar-refractivity contribution in [2.45, 2.75) is 13.0 Å². The van der Waals surface area contributed by atoms with Crippen molar-refractivity contribution in [2.75, 3.05) is 12.4 Å². The molecular weight excluding hydrogens is 325 g/mol. The molecule has 22 heavy (non-hydrogen) atoms. The van der Waals surface area contributed by atoms with Crippen molar-refractivity contribution in [2.24, 2.45) is 0 Å². The van der Waals surface area contributed by atoms with Gasteiger partial charge in [-0.1, -0.05) is 29.3 Å². The second-order valence-corrected chi connectivity index (χ2v) is 5.67. The van der Waals surface area contributed by atoms with E-state index in [0.29, 0.717) is 27.0 Å². The van der Waals surface area contributed by atoms with Crippen molar-refractivity contribution in [3.8, 4) is 5.75 Å². The Kier molecular flexibility index (Phi) is 5.29. The number of amides is 1. The molecule has 0 heterocycles. The summed E-state index contributed by atoms with van der Waals surface area (Å²) in [4.78, 5) is 12.2. The molecule has 1 amide bonds. The molecular formula is C16H15Cl2NO3. The summed E-state index contributed by atoms with van der Waals surface area (Å²) in [6.45, 7) is 1.91. The van der Waals surface area contributed by atoms with Crippen molar-refractivity contribution in [1.29, 1.82) is 0 Å². The molecule has 2 aromatic carbocycles. The fraction of sp³-hybridized carbons (Fsp3) is 0.188. The van der Waals surface area contributed by atoms with Gasteiger partial charge in [-0.3, -0.25) is 4.79 Å². The van der Waals surface area contributed by atoms with Crippen LogP contribution >= 0.6 is 23.2 Å². The number of nitrogens with one attached hydrogen (secondary N) is 1. The summed E-state index contributed by atoms with van der Waals surface area (Å²) in [7, 11) is 1.51. The van der Waals surface area contributed by atoms with Crippen molar-refractivity contribution in [3.63, 3.8) is 0 Å². The fourth-order valence-electron chi connectivity index (χ4n) is 1.99. The summed E-state index contributed by atoms with van der Waals surface area (Å²) < 4.78 is 5.21. The molecule has 0 aliphatic carbocycles. The Morgan fingerprint density at radius 1 is 1.18 bits per heavy atom. The monoisotopic (exact) mass is 339 g/mol. The number of anilines is 1. The van der Waals surface area contributed by atoms with Crippen LogP contribution in [0, 0.1) is 6.92 Å². The summed E-state index contributed by atoms with van der Waals surface area (Å²) in [5.41, 5.74) is 1.79. The van der Waals surface area contributed by atoms with Gasteiger partial charge >= 0.3 is 0 Å². The first-order valence-electron chi connectivity index (χ1n) is 6.50. The number of carbonyl (C=O) groups is 1. The highest BCUT2D eigenvalue weighted by atomic mass is 35.5. The quantitative estimate of drug-likeness (QED) is 0.885. The zero-order valence-electron chi connectivity index (χ0n) is 12.1. The lowest BCUT2D eigenvalue weighted by molar-refractivity contribution is -0.124.